The Morgan fingerprint density at radius 2 is 2.00 bits per heavy atom. The molecule has 0 saturated heterocycles. The van der Waals surface area contributed by atoms with Crippen molar-refractivity contribution in [1.82, 2.24) is 4.98 Å². The minimum Gasteiger partial charge on any atom is -0.497 e. The minimum atomic E-state index is -0.122. The fourth-order valence-corrected chi connectivity index (χ4v) is 3.27. The van der Waals surface area contributed by atoms with Crippen LogP contribution in [0.4, 0.5) is 5.69 Å². The lowest BCUT2D eigenvalue weighted by atomic mass is 10.1. The molecule has 0 fully saturated rings. The Morgan fingerprint density at radius 3 is 2.69 bits per heavy atom. The lowest BCUT2D eigenvalue weighted by Crippen LogP contribution is -2.15. The first-order chi connectivity index (χ1) is 12.6. The monoisotopic (exact) mass is 368 g/mol. The fraction of sp³-hybridized carbons (Fsp3) is 0.200. The standard InChI is InChI=1S/C20H20N2O3S/c1-13-21-18(12-26-13)14-5-4-6-16(9-14)22-20(23)11-15-10-17(24-2)7-8-19(15)25-3/h4-10,12H,11H2,1-3H3,(H,22,23). The van der Waals surface area contributed by atoms with Gasteiger partial charge in [-0.15, -0.1) is 11.3 Å². The number of carbonyl (C=O) groups excluding carboxylic acids is 1. The Labute approximate surface area is 156 Å². The molecule has 1 N–H and O–H groups in total. The molecule has 1 heterocycles. The Bertz CT molecular complexity index is 921. The van der Waals surface area contributed by atoms with Gasteiger partial charge in [-0.3, -0.25) is 4.79 Å². The molecular weight excluding hydrogens is 348 g/mol. The molecule has 6 heteroatoms. The topological polar surface area (TPSA) is 60.5 Å². The van der Waals surface area contributed by atoms with Crippen LogP contribution in [0.15, 0.2) is 47.8 Å². The van der Waals surface area contributed by atoms with Gasteiger partial charge in [0.05, 0.1) is 31.3 Å². The third-order valence-electron chi connectivity index (χ3n) is 3.90. The van der Waals surface area contributed by atoms with Crippen LogP contribution >= 0.6 is 11.3 Å². The molecule has 0 aliphatic carbocycles. The van der Waals surface area contributed by atoms with Crippen LogP contribution in [0.5, 0.6) is 11.5 Å². The first-order valence-electron chi connectivity index (χ1n) is 8.12. The molecule has 0 radical (unpaired) electrons. The molecule has 1 aromatic heterocycles. The second-order valence-electron chi connectivity index (χ2n) is 5.74. The van der Waals surface area contributed by atoms with Gasteiger partial charge in [-0.2, -0.15) is 0 Å². The molecular formula is C20H20N2O3S. The number of rotatable bonds is 6. The zero-order chi connectivity index (χ0) is 18.5. The van der Waals surface area contributed by atoms with E-state index in [9.17, 15) is 4.79 Å². The molecule has 0 bridgehead atoms. The number of nitrogens with zero attached hydrogens (tertiary/aromatic N) is 1. The van der Waals surface area contributed by atoms with Gasteiger partial charge in [-0.1, -0.05) is 12.1 Å². The van der Waals surface area contributed by atoms with Gasteiger partial charge in [0, 0.05) is 22.2 Å². The number of hydrogen-bond donors (Lipinski definition) is 1. The molecule has 1 amide bonds. The van der Waals surface area contributed by atoms with Crippen molar-refractivity contribution >= 4 is 22.9 Å². The van der Waals surface area contributed by atoms with Crippen molar-refractivity contribution in [3.8, 4) is 22.8 Å². The van der Waals surface area contributed by atoms with Crippen LogP contribution < -0.4 is 14.8 Å². The summed E-state index contributed by atoms with van der Waals surface area (Å²) in [5.74, 6) is 1.23. The first-order valence-corrected chi connectivity index (χ1v) is 9.00. The smallest absolute Gasteiger partial charge is 0.228 e. The highest BCUT2D eigenvalue weighted by molar-refractivity contribution is 7.09. The van der Waals surface area contributed by atoms with Gasteiger partial charge < -0.3 is 14.8 Å². The molecule has 0 saturated carbocycles. The van der Waals surface area contributed by atoms with Gasteiger partial charge in [-0.25, -0.2) is 4.98 Å². The second-order valence-corrected chi connectivity index (χ2v) is 6.80. The zero-order valence-corrected chi connectivity index (χ0v) is 15.7. The highest BCUT2D eigenvalue weighted by Crippen LogP contribution is 2.26. The predicted octanol–water partition coefficient (Wildman–Crippen LogP) is 4.32. The first kappa shape index (κ1) is 17.9. The normalized spacial score (nSPS) is 10.4. The highest BCUT2D eigenvalue weighted by atomic mass is 32.1. The maximum absolute atomic E-state index is 12.5. The van der Waals surface area contributed by atoms with Crippen LogP contribution in [-0.2, 0) is 11.2 Å². The van der Waals surface area contributed by atoms with E-state index in [-0.39, 0.29) is 12.3 Å². The van der Waals surface area contributed by atoms with Gasteiger partial charge in [0.2, 0.25) is 5.91 Å². The Morgan fingerprint density at radius 1 is 1.15 bits per heavy atom. The quantitative estimate of drug-likeness (QED) is 0.704. The number of aryl methyl sites for hydroxylation is 1. The summed E-state index contributed by atoms with van der Waals surface area (Å²) < 4.78 is 10.6. The fourth-order valence-electron chi connectivity index (χ4n) is 2.65. The van der Waals surface area contributed by atoms with E-state index in [4.69, 9.17) is 9.47 Å². The number of aromatic nitrogens is 1. The average molecular weight is 368 g/mol. The largest absolute Gasteiger partial charge is 0.497 e. The SMILES string of the molecule is COc1ccc(OC)c(CC(=O)Nc2cccc(-c3csc(C)n3)c2)c1. The lowest BCUT2D eigenvalue weighted by molar-refractivity contribution is -0.115. The van der Waals surface area contributed by atoms with Crippen molar-refractivity contribution in [3.05, 3.63) is 58.4 Å². The van der Waals surface area contributed by atoms with Crippen LogP contribution in [0, 0.1) is 6.92 Å². The minimum absolute atomic E-state index is 0.122. The van der Waals surface area contributed by atoms with E-state index in [2.05, 4.69) is 10.3 Å². The Kier molecular flexibility index (Phi) is 5.53. The van der Waals surface area contributed by atoms with Crippen LogP contribution in [0.2, 0.25) is 0 Å². The summed E-state index contributed by atoms with van der Waals surface area (Å²) in [6.07, 6.45) is 0.195. The van der Waals surface area contributed by atoms with Gasteiger partial charge in [0.25, 0.3) is 0 Å². The number of benzene rings is 2. The summed E-state index contributed by atoms with van der Waals surface area (Å²) in [4.78, 5) is 17.0. The van der Waals surface area contributed by atoms with Gasteiger partial charge in [0.15, 0.2) is 0 Å². The number of methoxy groups -OCH3 is 2. The maximum atomic E-state index is 12.5. The number of nitrogens with one attached hydrogen (secondary N) is 1. The molecule has 26 heavy (non-hydrogen) atoms. The molecule has 134 valence electrons. The van der Waals surface area contributed by atoms with E-state index >= 15 is 0 Å². The number of ether oxygens (including phenoxy) is 2. The Balaban J connectivity index is 1.75. The van der Waals surface area contributed by atoms with Gasteiger partial charge >= 0.3 is 0 Å². The molecule has 5 nitrogen and oxygen atoms in total. The third-order valence-corrected chi connectivity index (χ3v) is 4.67. The second kappa shape index (κ2) is 8.01. The molecule has 2 aromatic carbocycles. The van der Waals surface area contributed by atoms with Crippen molar-refractivity contribution in [3.63, 3.8) is 0 Å². The molecule has 0 aliphatic rings. The van der Waals surface area contributed by atoms with Gasteiger partial charge in [0.1, 0.15) is 11.5 Å². The molecule has 0 unspecified atom stereocenters. The number of thiazole rings is 1. The van der Waals surface area contributed by atoms with Crippen LogP contribution in [0.3, 0.4) is 0 Å². The molecule has 3 rings (SSSR count). The summed E-state index contributed by atoms with van der Waals surface area (Å²) in [5, 5.41) is 5.96. The van der Waals surface area contributed by atoms with Gasteiger partial charge in [-0.05, 0) is 37.3 Å². The molecule has 3 aromatic rings. The highest BCUT2D eigenvalue weighted by Gasteiger charge is 2.11. The Hall–Kier alpha value is -2.86. The van der Waals surface area contributed by atoms with Crippen molar-refractivity contribution < 1.29 is 14.3 Å². The number of hydrogen-bond acceptors (Lipinski definition) is 5. The third kappa shape index (κ3) is 4.21. The molecule has 0 aliphatic heterocycles. The van der Waals surface area contributed by atoms with E-state index in [1.807, 2.05) is 42.6 Å². The van der Waals surface area contributed by atoms with Crippen molar-refractivity contribution in [1.29, 1.82) is 0 Å². The summed E-state index contributed by atoms with van der Waals surface area (Å²) in [5.41, 5.74) is 3.40. The average Bonchev–Trinajstić information content (AvgIpc) is 3.08. The number of anilines is 1. The van der Waals surface area contributed by atoms with Crippen LogP contribution in [0.1, 0.15) is 10.6 Å². The molecule has 0 atom stereocenters. The summed E-state index contributed by atoms with van der Waals surface area (Å²) in [6, 6.07) is 13.1. The summed E-state index contributed by atoms with van der Waals surface area (Å²) in [7, 11) is 3.18. The van der Waals surface area contributed by atoms with Crippen LogP contribution in [0.25, 0.3) is 11.3 Å². The van der Waals surface area contributed by atoms with Crippen LogP contribution in [-0.4, -0.2) is 25.1 Å². The van der Waals surface area contributed by atoms with E-state index in [0.29, 0.717) is 11.5 Å². The lowest BCUT2D eigenvalue weighted by Gasteiger charge is -2.11. The molecule has 0 spiro atoms. The number of amides is 1. The van der Waals surface area contributed by atoms with Crippen molar-refractivity contribution in [2.24, 2.45) is 0 Å². The van der Waals surface area contributed by atoms with E-state index in [1.165, 1.54) is 0 Å². The number of carbonyl (C=O) groups is 1. The van der Waals surface area contributed by atoms with Crippen molar-refractivity contribution in [2.45, 2.75) is 13.3 Å². The summed E-state index contributed by atoms with van der Waals surface area (Å²) in [6.45, 7) is 1.97. The maximum Gasteiger partial charge on any atom is 0.228 e. The zero-order valence-electron chi connectivity index (χ0n) is 14.9. The van der Waals surface area contributed by atoms with E-state index in [0.717, 1.165) is 27.5 Å². The predicted molar refractivity (Wildman–Crippen MR) is 104 cm³/mol. The summed E-state index contributed by atoms with van der Waals surface area (Å²) >= 11 is 1.60. The van der Waals surface area contributed by atoms with E-state index in [1.54, 1.807) is 37.7 Å². The van der Waals surface area contributed by atoms with Crippen molar-refractivity contribution in [2.75, 3.05) is 19.5 Å². The van der Waals surface area contributed by atoms with E-state index < -0.39 is 0 Å².